The summed E-state index contributed by atoms with van der Waals surface area (Å²) in [6, 6.07) is 0.366. The van der Waals surface area contributed by atoms with E-state index in [1.165, 1.54) is 24.4 Å². The first-order chi connectivity index (χ1) is 6.74. The number of hydrogen-bond acceptors (Lipinski definition) is 4. The highest BCUT2D eigenvalue weighted by Gasteiger charge is 2.17. The maximum absolute atomic E-state index is 5.93. The zero-order valence-corrected chi connectivity index (χ0v) is 10.6. The van der Waals surface area contributed by atoms with Crippen molar-refractivity contribution in [3.63, 3.8) is 0 Å². The van der Waals surface area contributed by atoms with Crippen LogP contribution in [0.2, 0.25) is 0 Å². The zero-order chi connectivity index (χ0) is 9.97. The molecule has 1 aliphatic heterocycles. The fourth-order valence-electron chi connectivity index (χ4n) is 1.90. The molecule has 1 aromatic rings. The Morgan fingerprint density at radius 2 is 2.47 bits per heavy atom. The van der Waals surface area contributed by atoms with Crippen molar-refractivity contribution in [2.24, 2.45) is 5.73 Å². The number of aromatic nitrogens is 1. The van der Waals surface area contributed by atoms with Gasteiger partial charge in [0.05, 0.1) is 6.54 Å². The number of thiazole rings is 1. The molecule has 86 valence electrons. The predicted octanol–water partition coefficient (Wildman–Crippen LogP) is 1.80. The average molecular weight is 248 g/mol. The van der Waals surface area contributed by atoms with E-state index in [0.29, 0.717) is 6.04 Å². The van der Waals surface area contributed by atoms with Gasteiger partial charge in [-0.1, -0.05) is 0 Å². The first-order valence-electron chi connectivity index (χ1n) is 5.13. The van der Waals surface area contributed by atoms with Gasteiger partial charge in [-0.15, -0.1) is 23.7 Å². The molecule has 3 nitrogen and oxygen atoms in total. The fraction of sp³-hybridized carbons (Fsp3) is 0.700. The van der Waals surface area contributed by atoms with Crippen molar-refractivity contribution in [1.82, 2.24) is 9.88 Å². The number of nitrogens with two attached hydrogens (primary N) is 1. The molecule has 0 unspecified atom stereocenters. The third kappa shape index (κ3) is 3.72. The molecule has 1 atom stereocenters. The second-order valence-corrected chi connectivity index (χ2v) is 4.96. The summed E-state index contributed by atoms with van der Waals surface area (Å²) >= 11 is 1.75. The summed E-state index contributed by atoms with van der Waals surface area (Å²) in [6.45, 7) is 5.22. The number of nitrogens with zero attached hydrogens (tertiary/aromatic N) is 2. The summed E-state index contributed by atoms with van der Waals surface area (Å²) in [5.41, 5.74) is 7.06. The lowest BCUT2D eigenvalue weighted by Gasteiger charge is -2.29. The van der Waals surface area contributed by atoms with Crippen LogP contribution in [0.3, 0.4) is 0 Å². The van der Waals surface area contributed by atoms with Gasteiger partial charge in [0.25, 0.3) is 0 Å². The van der Waals surface area contributed by atoms with Gasteiger partial charge in [0.2, 0.25) is 0 Å². The Hall–Kier alpha value is -0.160. The predicted molar refractivity (Wildman–Crippen MR) is 66.6 cm³/mol. The summed E-state index contributed by atoms with van der Waals surface area (Å²) < 4.78 is 0. The Kier molecular flexibility index (Phi) is 4.99. The van der Waals surface area contributed by atoms with E-state index in [2.05, 4.69) is 15.3 Å². The molecule has 2 heterocycles. The van der Waals surface area contributed by atoms with Crippen LogP contribution in [-0.2, 0) is 6.54 Å². The van der Waals surface area contributed by atoms with Crippen LogP contribution in [0.5, 0.6) is 0 Å². The topological polar surface area (TPSA) is 42.1 Å². The van der Waals surface area contributed by atoms with Gasteiger partial charge in [-0.2, -0.15) is 0 Å². The number of hydrogen-bond donors (Lipinski definition) is 1. The van der Waals surface area contributed by atoms with E-state index in [9.17, 15) is 0 Å². The standard InChI is InChI=1S/C10H17N3S.ClH/c1-8-7-14-10(12-8)6-13-4-2-3-9(11)5-13;/h7,9H,2-6,11H2,1H3;1H/t9-;/m1./s1. The van der Waals surface area contributed by atoms with Crippen molar-refractivity contribution in [1.29, 1.82) is 0 Å². The summed E-state index contributed by atoms with van der Waals surface area (Å²) in [6.07, 6.45) is 2.40. The second-order valence-electron chi connectivity index (χ2n) is 4.02. The molecule has 15 heavy (non-hydrogen) atoms. The van der Waals surface area contributed by atoms with Crippen LogP contribution >= 0.6 is 23.7 Å². The highest BCUT2D eigenvalue weighted by atomic mass is 35.5. The molecular weight excluding hydrogens is 230 g/mol. The smallest absolute Gasteiger partial charge is 0.107 e. The maximum Gasteiger partial charge on any atom is 0.107 e. The number of likely N-dealkylation sites (tertiary alicyclic amines) is 1. The van der Waals surface area contributed by atoms with E-state index in [1.54, 1.807) is 11.3 Å². The van der Waals surface area contributed by atoms with Gasteiger partial charge in [0.1, 0.15) is 5.01 Å². The van der Waals surface area contributed by atoms with Crippen molar-refractivity contribution in [3.05, 3.63) is 16.1 Å². The second kappa shape index (κ2) is 5.80. The zero-order valence-electron chi connectivity index (χ0n) is 8.98. The molecule has 1 saturated heterocycles. The lowest BCUT2D eigenvalue weighted by Crippen LogP contribution is -2.42. The monoisotopic (exact) mass is 247 g/mol. The Morgan fingerprint density at radius 1 is 1.67 bits per heavy atom. The molecule has 0 spiro atoms. The molecule has 0 amide bonds. The minimum absolute atomic E-state index is 0. The Labute approximate surface area is 101 Å². The molecule has 1 aliphatic rings. The summed E-state index contributed by atoms with van der Waals surface area (Å²) in [4.78, 5) is 6.88. The average Bonchev–Trinajstić information content (AvgIpc) is 2.51. The van der Waals surface area contributed by atoms with Gasteiger partial charge in [0.15, 0.2) is 0 Å². The highest BCUT2D eigenvalue weighted by Crippen LogP contribution is 2.15. The first-order valence-corrected chi connectivity index (χ1v) is 6.01. The molecule has 0 saturated carbocycles. The first kappa shape index (κ1) is 12.9. The Bertz CT molecular complexity index is 303. The van der Waals surface area contributed by atoms with Crippen LogP contribution < -0.4 is 5.73 Å². The Balaban J connectivity index is 0.00000112. The van der Waals surface area contributed by atoms with Crippen molar-refractivity contribution in [2.75, 3.05) is 13.1 Å². The number of aryl methyl sites for hydroxylation is 1. The van der Waals surface area contributed by atoms with Crippen LogP contribution in [0.4, 0.5) is 0 Å². The third-order valence-electron chi connectivity index (χ3n) is 2.57. The normalized spacial score (nSPS) is 22.4. The molecule has 5 heteroatoms. The van der Waals surface area contributed by atoms with E-state index in [1.807, 2.05) is 6.92 Å². The van der Waals surface area contributed by atoms with Crippen LogP contribution in [-0.4, -0.2) is 29.0 Å². The highest BCUT2D eigenvalue weighted by molar-refractivity contribution is 7.09. The molecular formula is C10H18ClN3S. The van der Waals surface area contributed by atoms with Gasteiger partial charge in [-0.3, -0.25) is 4.90 Å². The minimum Gasteiger partial charge on any atom is -0.327 e. The molecule has 0 radical (unpaired) electrons. The molecule has 0 bridgehead atoms. The number of halogens is 1. The minimum atomic E-state index is 0. The number of piperidine rings is 1. The quantitative estimate of drug-likeness (QED) is 0.867. The lowest BCUT2D eigenvalue weighted by molar-refractivity contribution is 0.201. The molecule has 2 N–H and O–H groups in total. The lowest BCUT2D eigenvalue weighted by atomic mass is 10.1. The van der Waals surface area contributed by atoms with Gasteiger partial charge >= 0.3 is 0 Å². The van der Waals surface area contributed by atoms with E-state index in [4.69, 9.17) is 5.73 Å². The molecule has 1 fully saturated rings. The molecule has 2 rings (SSSR count). The largest absolute Gasteiger partial charge is 0.327 e. The fourth-order valence-corrected chi connectivity index (χ4v) is 2.71. The van der Waals surface area contributed by atoms with Gasteiger partial charge in [0, 0.05) is 23.7 Å². The van der Waals surface area contributed by atoms with Crippen LogP contribution in [0, 0.1) is 6.92 Å². The van der Waals surface area contributed by atoms with E-state index in [-0.39, 0.29) is 12.4 Å². The molecule has 0 aromatic carbocycles. The van der Waals surface area contributed by atoms with Crippen LogP contribution in [0.15, 0.2) is 5.38 Å². The summed E-state index contributed by atoms with van der Waals surface area (Å²) in [5, 5.41) is 3.33. The van der Waals surface area contributed by atoms with Crippen molar-refractivity contribution in [3.8, 4) is 0 Å². The summed E-state index contributed by atoms with van der Waals surface area (Å²) in [7, 11) is 0. The van der Waals surface area contributed by atoms with Crippen molar-refractivity contribution >= 4 is 23.7 Å². The SMILES string of the molecule is Cc1csc(CN2CCC[C@@H](N)C2)n1.Cl. The van der Waals surface area contributed by atoms with Crippen molar-refractivity contribution in [2.45, 2.75) is 32.4 Å². The van der Waals surface area contributed by atoms with Crippen LogP contribution in [0.1, 0.15) is 23.5 Å². The Morgan fingerprint density at radius 3 is 3.07 bits per heavy atom. The van der Waals surface area contributed by atoms with Crippen LogP contribution in [0.25, 0.3) is 0 Å². The van der Waals surface area contributed by atoms with E-state index in [0.717, 1.165) is 18.8 Å². The van der Waals surface area contributed by atoms with Gasteiger partial charge in [-0.25, -0.2) is 4.98 Å². The van der Waals surface area contributed by atoms with E-state index >= 15 is 0 Å². The number of rotatable bonds is 2. The third-order valence-corrected chi connectivity index (χ3v) is 3.52. The van der Waals surface area contributed by atoms with Gasteiger partial charge < -0.3 is 5.73 Å². The van der Waals surface area contributed by atoms with Gasteiger partial charge in [-0.05, 0) is 26.3 Å². The summed E-state index contributed by atoms with van der Waals surface area (Å²) in [5.74, 6) is 0. The van der Waals surface area contributed by atoms with Crippen molar-refractivity contribution < 1.29 is 0 Å². The van der Waals surface area contributed by atoms with E-state index < -0.39 is 0 Å². The molecule has 1 aromatic heterocycles. The molecule has 0 aliphatic carbocycles. The maximum atomic E-state index is 5.93.